The highest BCUT2D eigenvalue weighted by atomic mass is 16.5. The Kier molecular flexibility index (Phi) is 7.99. The first-order chi connectivity index (χ1) is 12.7. The number of rotatable bonds is 11. The lowest BCUT2D eigenvalue weighted by Gasteiger charge is -2.33. The topological polar surface area (TPSA) is 44.5 Å². The molecule has 0 saturated heterocycles. The Morgan fingerprint density at radius 1 is 0.923 bits per heavy atom. The molecule has 0 unspecified atom stereocenters. The molecule has 2 rings (SSSR count). The minimum absolute atomic E-state index is 0.0211. The predicted molar refractivity (Wildman–Crippen MR) is 109 cm³/mol. The normalized spacial score (nSPS) is 11.4. The Morgan fingerprint density at radius 3 is 2.19 bits per heavy atom. The first kappa shape index (κ1) is 20.3. The van der Waals surface area contributed by atoms with Gasteiger partial charge in [0, 0.05) is 18.4 Å². The Bertz CT molecular complexity index is 649. The van der Waals surface area contributed by atoms with Crippen molar-refractivity contribution in [3.63, 3.8) is 0 Å². The lowest BCUT2D eigenvalue weighted by molar-refractivity contribution is 0.294. The number of benzene rings is 2. The van der Waals surface area contributed by atoms with Gasteiger partial charge in [-0.2, -0.15) is 0 Å². The highest BCUT2D eigenvalue weighted by Crippen LogP contribution is 2.38. The molecule has 0 spiro atoms. The second-order valence-corrected chi connectivity index (χ2v) is 6.93. The molecule has 2 aromatic rings. The van der Waals surface area contributed by atoms with Crippen LogP contribution in [-0.4, -0.2) is 20.3 Å². The minimum atomic E-state index is 0.0211. The largest absolute Gasteiger partial charge is 0.493 e. The maximum absolute atomic E-state index is 6.24. The van der Waals surface area contributed by atoms with Crippen molar-refractivity contribution in [2.24, 2.45) is 5.73 Å². The van der Waals surface area contributed by atoms with Crippen LogP contribution in [0.3, 0.4) is 0 Å². The lowest BCUT2D eigenvalue weighted by Crippen LogP contribution is -2.35. The predicted octanol–water partition coefficient (Wildman–Crippen LogP) is 5.11. The molecule has 0 heterocycles. The van der Waals surface area contributed by atoms with Crippen LogP contribution in [0.25, 0.3) is 0 Å². The van der Waals surface area contributed by atoms with E-state index in [9.17, 15) is 0 Å². The van der Waals surface area contributed by atoms with Gasteiger partial charge in [0.05, 0.1) is 13.7 Å². The summed E-state index contributed by atoms with van der Waals surface area (Å²) in [5.41, 5.74) is 8.79. The van der Waals surface area contributed by atoms with E-state index in [4.69, 9.17) is 15.2 Å². The average molecular weight is 356 g/mol. The molecule has 0 aliphatic heterocycles. The lowest BCUT2D eigenvalue weighted by atomic mass is 9.73. The Balaban J connectivity index is 2.20. The molecule has 3 nitrogen and oxygen atoms in total. The molecule has 142 valence electrons. The number of hydrogen-bond donors (Lipinski definition) is 1. The van der Waals surface area contributed by atoms with Crippen LogP contribution >= 0.6 is 0 Å². The van der Waals surface area contributed by atoms with Gasteiger partial charge in [0.2, 0.25) is 0 Å². The molecule has 0 atom stereocenters. The van der Waals surface area contributed by atoms with Crippen LogP contribution in [-0.2, 0) is 11.8 Å². The summed E-state index contributed by atoms with van der Waals surface area (Å²) in [5, 5.41) is 0. The van der Waals surface area contributed by atoms with Crippen LogP contribution in [0.1, 0.15) is 50.7 Å². The van der Waals surface area contributed by atoms with Gasteiger partial charge in [-0.05, 0) is 36.1 Å². The third-order valence-electron chi connectivity index (χ3n) is 5.11. The van der Waals surface area contributed by atoms with Gasteiger partial charge in [-0.15, -0.1) is 0 Å². The van der Waals surface area contributed by atoms with E-state index in [0.29, 0.717) is 13.2 Å². The van der Waals surface area contributed by atoms with Crippen molar-refractivity contribution in [1.29, 1.82) is 0 Å². The molecule has 26 heavy (non-hydrogen) atoms. The van der Waals surface area contributed by atoms with Crippen LogP contribution in [0.4, 0.5) is 0 Å². The molecule has 0 radical (unpaired) electrons. The van der Waals surface area contributed by atoms with E-state index in [1.165, 1.54) is 11.1 Å². The molecule has 3 heteroatoms. The van der Waals surface area contributed by atoms with Gasteiger partial charge in [-0.3, -0.25) is 0 Å². The number of hydrogen-bond acceptors (Lipinski definition) is 3. The highest BCUT2D eigenvalue weighted by Gasteiger charge is 2.30. The molecule has 0 bridgehead atoms. The molecule has 2 aromatic carbocycles. The monoisotopic (exact) mass is 355 g/mol. The van der Waals surface area contributed by atoms with Gasteiger partial charge in [0.25, 0.3) is 0 Å². The second kappa shape index (κ2) is 10.2. The van der Waals surface area contributed by atoms with Crippen LogP contribution < -0.4 is 15.2 Å². The number of ether oxygens (including phenoxy) is 2. The van der Waals surface area contributed by atoms with Crippen molar-refractivity contribution in [3.8, 4) is 11.5 Å². The fraction of sp³-hybridized carbons (Fsp3) is 0.478. The van der Waals surface area contributed by atoms with Crippen molar-refractivity contribution in [2.75, 3.05) is 20.3 Å². The standard InChI is InChI=1S/C23H33NO2/c1-4-14-23(18-24,15-5-2)20-11-12-21(25-3)22(17-20)26-16-13-19-9-7-6-8-10-19/h6-12,17H,4-5,13-16,18,24H2,1-3H3. The molecule has 0 saturated carbocycles. The SMILES string of the molecule is CCCC(CN)(CCC)c1ccc(OC)c(OCCc2ccccc2)c1. The summed E-state index contributed by atoms with van der Waals surface area (Å²) in [6.07, 6.45) is 5.29. The van der Waals surface area contributed by atoms with Crippen LogP contribution in [0.2, 0.25) is 0 Å². The van der Waals surface area contributed by atoms with Crippen LogP contribution in [0.5, 0.6) is 11.5 Å². The summed E-state index contributed by atoms with van der Waals surface area (Å²) in [7, 11) is 1.69. The maximum Gasteiger partial charge on any atom is 0.161 e. The zero-order chi connectivity index (χ0) is 18.8. The molecule has 0 amide bonds. The third-order valence-corrected chi connectivity index (χ3v) is 5.11. The number of methoxy groups -OCH3 is 1. The van der Waals surface area contributed by atoms with Gasteiger partial charge >= 0.3 is 0 Å². The quantitative estimate of drug-likeness (QED) is 0.609. The number of nitrogens with two attached hydrogens (primary N) is 1. The molecule has 2 N–H and O–H groups in total. The average Bonchev–Trinajstić information content (AvgIpc) is 2.68. The van der Waals surface area contributed by atoms with Crippen molar-refractivity contribution in [3.05, 3.63) is 59.7 Å². The van der Waals surface area contributed by atoms with Gasteiger partial charge in [-0.1, -0.05) is 63.1 Å². The van der Waals surface area contributed by atoms with Crippen LogP contribution in [0.15, 0.2) is 48.5 Å². The van der Waals surface area contributed by atoms with Crippen molar-refractivity contribution in [1.82, 2.24) is 0 Å². The van der Waals surface area contributed by atoms with E-state index in [1.54, 1.807) is 7.11 Å². The third kappa shape index (κ3) is 5.01. The second-order valence-electron chi connectivity index (χ2n) is 6.93. The smallest absolute Gasteiger partial charge is 0.161 e. The van der Waals surface area contributed by atoms with E-state index in [-0.39, 0.29) is 5.41 Å². The molecule has 0 fully saturated rings. The summed E-state index contributed by atoms with van der Waals surface area (Å²) in [5.74, 6) is 1.59. The van der Waals surface area contributed by atoms with Gasteiger partial charge in [0.15, 0.2) is 11.5 Å². The first-order valence-electron chi connectivity index (χ1n) is 9.74. The zero-order valence-electron chi connectivity index (χ0n) is 16.5. The fourth-order valence-corrected chi connectivity index (χ4v) is 3.74. The van der Waals surface area contributed by atoms with E-state index in [0.717, 1.165) is 43.6 Å². The molecular formula is C23H33NO2. The van der Waals surface area contributed by atoms with Crippen molar-refractivity contribution >= 4 is 0 Å². The van der Waals surface area contributed by atoms with E-state index in [2.05, 4.69) is 50.2 Å². The zero-order valence-corrected chi connectivity index (χ0v) is 16.5. The van der Waals surface area contributed by atoms with Crippen molar-refractivity contribution in [2.45, 2.75) is 51.4 Å². The Morgan fingerprint density at radius 2 is 1.62 bits per heavy atom. The molecular weight excluding hydrogens is 322 g/mol. The molecule has 0 aromatic heterocycles. The first-order valence-corrected chi connectivity index (χ1v) is 9.74. The van der Waals surface area contributed by atoms with Gasteiger partial charge < -0.3 is 15.2 Å². The Hall–Kier alpha value is -2.00. The minimum Gasteiger partial charge on any atom is -0.493 e. The molecule has 0 aliphatic rings. The van der Waals surface area contributed by atoms with E-state index < -0.39 is 0 Å². The summed E-state index contributed by atoms with van der Waals surface area (Å²) in [6.45, 7) is 5.73. The summed E-state index contributed by atoms with van der Waals surface area (Å²) >= 11 is 0. The summed E-state index contributed by atoms with van der Waals surface area (Å²) < 4.78 is 11.6. The van der Waals surface area contributed by atoms with Gasteiger partial charge in [-0.25, -0.2) is 0 Å². The van der Waals surface area contributed by atoms with E-state index >= 15 is 0 Å². The van der Waals surface area contributed by atoms with E-state index in [1.807, 2.05) is 12.1 Å². The Labute approximate surface area is 158 Å². The highest BCUT2D eigenvalue weighted by molar-refractivity contribution is 5.45. The van der Waals surface area contributed by atoms with Gasteiger partial charge in [0.1, 0.15) is 0 Å². The summed E-state index contributed by atoms with van der Waals surface area (Å²) in [4.78, 5) is 0. The van der Waals surface area contributed by atoms with Crippen molar-refractivity contribution < 1.29 is 9.47 Å². The summed E-state index contributed by atoms with van der Waals surface area (Å²) in [6, 6.07) is 16.7. The van der Waals surface area contributed by atoms with Crippen LogP contribution in [0, 0.1) is 0 Å². The fourth-order valence-electron chi connectivity index (χ4n) is 3.74. The maximum atomic E-state index is 6.24. The molecule has 0 aliphatic carbocycles.